The van der Waals surface area contributed by atoms with Crippen LogP contribution in [0.2, 0.25) is 0 Å². The predicted octanol–water partition coefficient (Wildman–Crippen LogP) is 2.97. The summed E-state index contributed by atoms with van der Waals surface area (Å²) in [5.74, 6) is 0.426. The Morgan fingerprint density at radius 1 is 1.26 bits per heavy atom. The van der Waals surface area contributed by atoms with Crippen molar-refractivity contribution in [2.75, 3.05) is 20.1 Å². The van der Waals surface area contributed by atoms with Gasteiger partial charge >= 0.3 is 6.18 Å². The molecule has 1 aromatic rings. The first-order chi connectivity index (χ1) is 9.02. The standard InChI is InChI=1S/C14H19F3N2/c1-18-13(11-3-2-8-19-9-11)10-4-6-12(7-5-10)14(15,16)17/h4-7,11,13,18-19H,2-3,8-9H2,1H3. The Balaban J connectivity index is 2.14. The highest BCUT2D eigenvalue weighted by atomic mass is 19.4. The summed E-state index contributed by atoms with van der Waals surface area (Å²) in [6.45, 7) is 1.94. The molecule has 2 N–H and O–H groups in total. The highest BCUT2D eigenvalue weighted by Crippen LogP contribution is 2.32. The molecular formula is C14H19F3N2. The van der Waals surface area contributed by atoms with Gasteiger partial charge in [-0.2, -0.15) is 13.2 Å². The molecule has 1 saturated heterocycles. The first-order valence-electron chi connectivity index (χ1n) is 6.57. The molecule has 2 nitrogen and oxygen atoms in total. The van der Waals surface area contributed by atoms with Crippen LogP contribution in [0, 0.1) is 5.92 Å². The summed E-state index contributed by atoms with van der Waals surface area (Å²) >= 11 is 0. The Hall–Kier alpha value is -1.07. The molecule has 0 aliphatic carbocycles. The van der Waals surface area contributed by atoms with Crippen LogP contribution in [0.3, 0.4) is 0 Å². The molecule has 1 heterocycles. The zero-order valence-electron chi connectivity index (χ0n) is 10.9. The predicted molar refractivity (Wildman–Crippen MR) is 68.8 cm³/mol. The van der Waals surface area contributed by atoms with Crippen molar-refractivity contribution in [3.63, 3.8) is 0 Å². The van der Waals surface area contributed by atoms with E-state index in [9.17, 15) is 13.2 Å². The molecule has 0 saturated carbocycles. The Labute approximate surface area is 111 Å². The van der Waals surface area contributed by atoms with Gasteiger partial charge in [0.2, 0.25) is 0 Å². The Morgan fingerprint density at radius 3 is 2.42 bits per heavy atom. The second-order valence-corrected chi connectivity index (χ2v) is 4.99. The molecule has 5 heteroatoms. The third kappa shape index (κ3) is 3.48. The minimum Gasteiger partial charge on any atom is -0.316 e. The number of halogens is 3. The van der Waals surface area contributed by atoms with E-state index in [1.807, 2.05) is 7.05 Å². The second-order valence-electron chi connectivity index (χ2n) is 4.99. The normalized spacial score (nSPS) is 22.2. The first kappa shape index (κ1) is 14.3. The number of benzene rings is 1. The van der Waals surface area contributed by atoms with E-state index in [0.717, 1.165) is 43.6 Å². The molecule has 2 unspecified atom stereocenters. The van der Waals surface area contributed by atoms with E-state index >= 15 is 0 Å². The zero-order valence-corrected chi connectivity index (χ0v) is 10.9. The fraction of sp³-hybridized carbons (Fsp3) is 0.571. The van der Waals surface area contributed by atoms with Gasteiger partial charge in [-0.05, 0) is 56.6 Å². The molecule has 0 bridgehead atoms. The topological polar surface area (TPSA) is 24.1 Å². The number of hydrogen-bond donors (Lipinski definition) is 2. The average Bonchev–Trinajstić information content (AvgIpc) is 2.40. The van der Waals surface area contributed by atoms with Crippen molar-refractivity contribution in [3.8, 4) is 0 Å². The van der Waals surface area contributed by atoms with Gasteiger partial charge in [0, 0.05) is 6.04 Å². The van der Waals surface area contributed by atoms with Crippen LogP contribution in [0.5, 0.6) is 0 Å². The van der Waals surface area contributed by atoms with Crippen molar-refractivity contribution >= 4 is 0 Å². The fourth-order valence-corrected chi connectivity index (χ4v) is 2.72. The summed E-state index contributed by atoms with van der Waals surface area (Å²) < 4.78 is 37.6. The first-order valence-corrected chi connectivity index (χ1v) is 6.57. The maximum Gasteiger partial charge on any atom is 0.416 e. The maximum absolute atomic E-state index is 12.5. The van der Waals surface area contributed by atoms with Gasteiger partial charge in [-0.25, -0.2) is 0 Å². The maximum atomic E-state index is 12.5. The van der Waals surface area contributed by atoms with Gasteiger partial charge in [0.15, 0.2) is 0 Å². The Bertz CT molecular complexity index is 394. The van der Waals surface area contributed by atoms with Gasteiger partial charge in [-0.15, -0.1) is 0 Å². The summed E-state index contributed by atoms with van der Waals surface area (Å²) in [5, 5.41) is 6.56. The molecule has 1 aliphatic rings. The summed E-state index contributed by atoms with van der Waals surface area (Å²) in [6, 6.07) is 5.60. The molecule has 1 aromatic carbocycles. The summed E-state index contributed by atoms with van der Waals surface area (Å²) in [6.07, 6.45) is -2.05. The molecule has 2 rings (SSSR count). The quantitative estimate of drug-likeness (QED) is 0.884. The van der Waals surface area contributed by atoms with E-state index in [1.54, 1.807) is 12.1 Å². The Kier molecular flexibility index (Phi) is 4.47. The number of rotatable bonds is 3. The summed E-state index contributed by atoms with van der Waals surface area (Å²) in [5.41, 5.74) is 0.331. The van der Waals surface area contributed by atoms with Crippen LogP contribution < -0.4 is 10.6 Å². The average molecular weight is 272 g/mol. The lowest BCUT2D eigenvalue weighted by atomic mass is 9.87. The van der Waals surface area contributed by atoms with Gasteiger partial charge in [-0.3, -0.25) is 0 Å². The summed E-state index contributed by atoms with van der Waals surface area (Å²) in [4.78, 5) is 0. The molecular weight excluding hydrogens is 253 g/mol. The number of alkyl halides is 3. The van der Waals surface area contributed by atoms with E-state index in [4.69, 9.17) is 0 Å². The fourth-order valence-electron chi connectivity index (χ4n) is 2.72. The Morgan fingerprint density at radius 2 is 1.95 bits per heavy atom. The van der Waals surface area contributed by atoms with Crippen LogP contribution >= 0.6 is 0 Å². The van der Waals surface area contributed by atoms with E-state index in [-0.39, 0.29) is 6.04 Å². The van der Waals surface area contributed by atoms with Crippen molar-refractivity contribution in [3.05, 3.63) is 35.4 Å². The second kappa shape index (κ2) is 5.92. The van der Waals surface area contributed by atoms with Gasteiger partial charge in [-0.1, -0.05) is 12.1 Å². The van der Waals surface area contributed by atoms with E-state index in [2.05, 4.69) is 10.6 Å². The minimum absolute atomic E-state index is 0.107. The highest BCUT2D eigenvalue weighted by Gasteiger charge is 2.31. The highest BCUT2D eigenvalue weighted by molar-refractivity contribution is 5.27. The van der Waals surface area contributed by atoms with E-state index in [1.165, 1.54) is 0 Å². The van der Waals surface area contributed by atoms with Crippen molar-refractivity contribution in [2.45, 2.75) is 25.1 Å². The molecule has 19 heavy (non-hydrogen) atoms. The molecule has 0 aromatic heterocycles. The van der Waals surface area contributed by atoms with Gasteiger partial charge in [0.1, 0.15) is 0 Å². The van der Waals surface area contributed by atoms with Crippen molar-refractivity contribution in [1.29, 1.82) is 0 Å². The lowest BCUT2D eigenvalue weighted by molar-refractivity contribution is -0.137. The van der Waals surface area contributed by atoms with E-state index < -0.39 is 11.7 Å². The number of piperidine rings is 1. The lowest BCUT2D eigenvalue weighted by Gasteiger charge is -2.31. The largest absolute Gasteiger partial charge is 0.416 e. The minimum atomic E-state index is -4.26. The van der Waals surface area contributed by atoms with Crippen molar-refractivity contribution < 1.29 is 13.2 Å². The van der Waals surface area contributed by atoms with Gasteiger partial charge in [0.05, 0.1) is 5.56 Å². The van der Waals surface area contributed by atoms with Crippen LogP contribution in [0.25, 0.3) is 0 Å². The third-order valence-electron chi connectivity index (χ3n) is 3.71. The molecule has 1 aliphatic heterocycles. The molecule has 0 radical (unpaired) electrons. The van der Waals surface area contributed by atoms with Crippen molar-refractivity contribution in [2.24, 2.45) is 5.92 Å². The van der Waals surface area contributed by atoms with E-state index in [0.29, 0.717) is 5.92 Å². The number of nitrogens with one attached hydrogen (secondary N) is 2. The monoisotopic (exact) mass is 272 g/mol. The molecule has 106 valence electrons. The van der Waals surface area contributed by atoms with Crippen molar-refractivity contribution in [1.82, 2.24) is 10.6 Å². The smallest absolute Gasteiger partial charge is 0.316 e. The van der Waals surface area contributed by atoms with Crippen LogP contribution in [-0.4, -0.2) is 20.1 Å². The molecule has 2 atom stereocenters. The van der Waals surface area contributed by atoms with Crippen LogP contribution in [-0.2, 0) is 6.18 Å². The summed E-state index contributed by atoms with van der Waals surface area (Å²) in [7, 11) is 1.86. The van der Waals surface area contributed by atoms with Crippen LogP contribution in [0.1, 0.15) is 30.0 Å². The van der Waals surface area contributed by atoms with Crippen LogP contribution in [0.15, 0.2) is 24.3 Å². The van der Waals surface area contributed by atoms with Gasteiger partial charge in [0.25, 0.3) is 0 Å². The molecule has 0 spiro atoms. The molecule has 1 fully saturated rings. The third-order valence-corrected chi connectivity index (χ3v) is 3.71. The molecule has 0 amide bonds. The zero-order chi connectivity index (χ0) is 13.9. The van der Waals surface area contributed by atoms with Crippen LogP contribution in [0.4, 0.5) is 13.2 Å². The number of hydrogen-bond acceptors (Lipinski definition) is 2. The SMILES string of the molecule is CNC(c1ccc(C(F)(F)F)cc1)C1CCCNC1. The van der Waals surface area contributed by atoms with Gasteiger partial charge < -0.3 is 10.6 Å². The lowest BCUT2D eigenvalue weighted by Crippen LogP contribution is -2.37.